The quantitative estimate of drug-likeness (QED) is 0.448. The van der Waals surface area contributed by atoms with E-state index in [4.69, 9.17) is 0 Å². The standard InChI is InChI=1S/C10H20N2O4/c1-6-9(15)10(16)8(14)5-12(6)4-3-11-7(2)13/h6,8-10,14-16H,3-5H2,1-2H3,(H,11,13)/t6-,8+,9-,10-/m1/s1. The Balaban J connectivity index is 2.44. The first-order valence-corrected chi connectivity index (χ1v) is 5.46. The molecule has 0 unspecified atom stereocenters. The Morgan fingerprint density at radius 2 is 2.00 bits per heavy atom. The van der Waals surface area contributed by atoms with E-state index < -0.39 is 18.3 Å². The molecular formula is C10H20N2O4. The van der Waals surface area contributed by atoms with Crippen LogP contribution in [0.2, 0.25) is 0 Å². The third kappa shape index (κ3) is 3.15. The van der Waals surface area contributed by atoms with Gasteiger partial charge in [0.15, 0.2) is 0 Å². The summed E-state index contributed by atoms with van der Waals surface area (Å²) < 4.78 is 0. The summed E-state index contributed by atoms with van der Waals surface area (Å²) in [7, 11) is 0. The van der Waals surface area contributed by atoms with Crippen LogP contribution in [0.5, 0.6) is 0 Å². The van der Waals surface area contributed by atoms with Crippen molar-refractivity contribution in [3.63, 3.8) is 0 Å². The van der Waals surface area contributed by atoms with Gasteiger partial charge >= 0.3 is 0 Å². The molecule has 1 heterocycles. The highest BCUT2D eigenvalue weighted by Crippen LogP contribution is 2.17. The molecule has 6 heteroatoms. The highest BCUT2D eigenvalue weighted by atomic mass is 16.4. The molecule has 0 aromatic rings. The molecule has 0 saturated carbocycles. The van der Waals surface area contributed by atoms with Gasteiger partial charge in [-0.1, -0.05) is 0 Å². The van der Waals surface area contributed by atoms with E-state index in [1.54, 1.807) is 6.92 Å². The Labute approximate surface area is 94.9 Å². The number of piperidine rings is 1. The van der Waals surface area contributed by atoms with E-state index in [0.717, 1.165) is 0 Å². The summed E-state index contributed by atoms with van der Waals surface area (Å²) in [5.74, 6) is -0.106. The van der Waals surface area contributed by atoms with Crippen LogP contribution < -0.4 is 5.32 Å². The fourth-order valence-corrected chi connectivity index (χ4v) is 1.91. The number of likely N-dealkylation sites (tertiary alicyclic amines) is 1. The van der Waals surface area contributed by atoms with Crippen molar-refractivity contribution in [2.24, 2.45) is 0 Å². The summed E-state index contributed by atoms with van der Waals surface area (Å²) >= 11 is 0. The minimum Gasteiger partial charge on any atom is -0.389 e. The minimum absolute atomic E-state index is 0.106. The summed E-state index contributed by atoms with van der Waals surface area (Å²) in [6, 6.07) is -0.229. The lowest BCUT2D eigenvalue weighted by molar-refractivity contribution is -0.133. The minimum atomic E-state index is -1.09. The molecule has 1 saturated heterocycles. The van der Waals surface area contributed by atoms with Crippen LogP contribution in [-0.2, 0) is 4.79 Å². The lowest BCUT2D eigenvalue weighted by atomic mass is 9.95. The Bertz CT molecular complexity index is 249. The van der Waals surface area contributed by atoms with Crippen molar-refractivity contribution in [2.45, 2.75) is 38.2 Å². The third-order valence-electron chi connectivity index (χ3n) is 3.01. The van der Waals surface area contributed by atoms with E-state index in [2.05, 4.69) is 5.32 Å². The molecular weight excluding hydrogens is 212 g/mol. The van der Waals surface area contributed by atoms with Gasteiger partial charge in [0.1, 0.15) is 6.10 Å². The maximum absolute atomic E-state index is 10.7. The third-order valence-corrected chi connectivity index (χ3v) is 3.01. The highest BCUT2D eigenvalue weighted by molar-refractivity contribution is 5.72. The van der Waals surface area contributed by atoms with Gasteiger partial charge in [0.2, 0.25) is 5.91 Å². The highest BCUT2D eigenvalue weighted by Gasteiger charge is 2.38. The van der Waals surface area contributed by atoms with Crippen LogP contribution in [0.15, 0.2) is 0 Å². The molecule has 1 rings (SSSR count). The molecule has 0 radical (unpaired) electrons. The molecule has 94 valence electrons. The number of carbonyl (C=O) groups excluding carboxylic acids is 1. The van der Waals surface area contributed by atoms with Crippen LogP contribution in [0.1, 0.15) is 13.8 Å². The molecule has 1 amide bonds. The van der Waals surface area contributed by atoms with Crippen molar-refractivity contribution >= 4 is 5.91 Å². The fraction of sp³-hybridized carbons (Fsp3) is 0.900. The molecule has 4 N–H and O–H groups in total. The number of amides is 1. The van der Waals surface area contributed by atoms with Crippen molar-refractivity contribution < 1.29 is 20.1 Å². The number of aliphatic hydroxyl groups excluding tert-OH is 3. The van der Waals surface area contributed by atoms with E-state index in [-0.39, 0.29) is 11.9 Å². The van der Waals surface area contributed by atoms with Gasteiger partial charge in [-0.15, -0.1) is 0 Å². The van der Waals surface area contributed by atoms with E-state index in [9.17, 15) is 20.1 Å². The number of hydrogen-bond donors (Lipinski definition) is 4. The molecule has 0 aliphatic carbocycles. The number of nitrogens with zero attached hydrogens (tertiary/aromatic N) is 1. The van der Waals surface area contributed by atoms with Gasteiger partial charge in [-0.2, -0.15) is 0 Å². The molecule has 1 fully saturated rings. The fourth-order valence-electron chi connectivity index (χ4n) is 1.91. The molecule has 1 aliphatic rings. The van der Waals surface area contributed by atoms with E-state index >= 15 is 0 Å². The summed E-state index contributed by atoms with van der Waals surface area (Å²) in [6.07, 6.45) is -2.99. The average molecular weight is 232 g/mol. The van der Waals surface area contributed by atoms with Crippen molar-refractivity contribution in [3.05, 3.63) is 0 Å². The topological polar surface area (TPSA) is 93.0 Å². The normalized spacial score (nSPS) is 36.1. The van der Waals surface area contributed by atoms with Crippen LogP contribution in [0.4, 0.5) is 0 Å². The van der Waals surface area contributed by atoms with Gasteiger partial charge in [-0.05, 0) is 6.92 Å². The Kier molecular flexibility index (Phi) is 4.67. The maximum atomic E-state index is 10.7. The number of nitrogens with one attached hydrogen (secondary N) is 1. The van der Waals surface area contributed by atoms with Crippen molar-refractivity contribution in [1.82, 2.24) is 10.2 Å². The smallest absolute Gasteiger partial charge is 0.216 e. The Morgan fingerprint density at radius 3 is 2.56 bits per heavy atom. The molecule has 0 aromatic carbocycles. The molecule has 16 heavy (non-hydrogen) atoms. The zero-order valence-electron chi connectivity index (χ0n) is 9.63. The van der Waals surface area contributed by atoms with Gasteiger partial charge < -0.3 is 20.6 Å². The second kappa shape index (κ2) is 5.58. The first-order chi connectivity index (χ1) is 7.43. The molecule has 6 nitrogen and oxygen atoms in total. The SMILES string of the molecule is CC(=O)NCCN1C[C@H](O)[C@@H](O)[C@H](O)[C@H]1C. The lowest BCUT2D eigenvalue weighted by Crippen LogP contribution is -2.61. The van der Waals surface area contributed by atoms with Crippen LogP contribution in [0.3, 0.4) is 0 Å². The second-order valence-corrected chi connectivity index (χ2v) is 4.27. The summed E-state index contributed by atoms with van der Waals surface area (Å²) in [6.45, 7) is 4.54. The molecule has 1 aliphatic heterocycles. The van der Waals surface area contributed by atoms with Crippen LogP contribution >= 0.6 is 0 Å². The number of aliphatic hydroxyl groups is 3. The predicted molar refractivity (Wildman–Crippen MR) is 57.7 cm³/mol. The van der Waals surface area contributed by atoms with E-state index in [0.29, 0.717) is 19.6 Å². The van der Waals surface area contributed by atoms with Crippen LogP contribution in [0, 0.1) is 0 Å². The van der Waals surface area contributed by atoms with Crippen LogP contribution in [0.25, 0.3) is 0 Å². The number of β-amino-alcohol motifs (C(OH)–C–C–N with tert-alkyl or cyclic N) is 1. The van der Waals surface area contributed by atoms with Crippen molar-refractivity contribution in [1.29, 1.82) is 0 Å². The second-order valence-electron chi connectivity index (χ2n) is 4.27. The Hall–Kier alpha value is -0.690. The summed E-state index contributed by atoms with van der Waals surface area (Å²) in [4.78, 5) is 12.5. The monoisotopic (exact) mass is 232 g/mol. The number of carbonyl (C=O) groups is 1. The predicted octanol–water partition coefficient (Wildman–Crippen LogP) is -2.09. The van der Waals surface area contributed by atoms with Gasteiger partial charge in [-0.3, -0.25) is 9.69 Å². The van der Waals surface area contributed by atoms with E-state index in [1.807, 2.05) is 4.90 Å². The largest absolute Gasteiger partial charge is 0.389 e. The first kappa shape index (κ1) is 13.4. The van der Waals surface area contributed by atoms with Gasteiger partial charge in [0.05, 0.1) is 12.2 Å². The van der Waals surface area contributed by atoms with Gasteiger partial charge in [-0.25, -0.2) is 0 Å². The molecule has 0 spiro atoms. The lowest BCUT2D eigenvalue weighted by Gasteiger charge is -2.42. The first-order valence-electron chi connectivity index (χ1n) is 5.46. The molecule has 0 aromatic heterocycles. The average Bonchev–Trinajstić information content (AvgIpc) is 2.22. The van der Waals surface area contributed by atoms with Crippen molar-refractivity contribution in [3.8, 4) is 0 Å². The summed E-state index contributed by atoms with van der Waals surface area (Å²) in [5.41, 5.74) is 0. The maximum Gasteiger partial charge on any atom is 0.216 e. The zero-order valence-corrected chi connectivity index (χ0v) is 9.63. The molecule has 0 bridgehead atoms. The zero-order chi connectivity index (χ0) is 12.3. The van der Waals surface area contributed by atoms with Gasteiger partial charge in [0.25, 0.3) is 0 Å². The van der Waals surface area contributed by atoms with Crippen LogP contribution in [-0.4, -0.2) is 70.1 Å². The number of rotatable bonds is 3. The van der Waals surface area contributed by atoms with E-state index in [1.165, 1.54) is 6.92 Å². The van der Waals surface area contributed by atoms with Gasteiger partial charge in [0, 0.05) is 32.6 Å². The van der Waals surface area contributed by atoms with Crippen molar-refractivity contribution in [2.75, 3.05) is 19.6 Å². The Morgan fingerprint density at radius 1 is 1.38 bits per heavy atom. The summed E-state index contributed by atoms with van der Waals surface area (Å²) in [5, 5.41) is 31.3. The number of hydrogen-bond acceptors (Lipinski definition) is 5. The molecule has 4 atom stereocenters.